The van der Waals surface area contributed by atoms with E-state index in [0.717, 1.165) is 40.2 Å². The molecule has 1 aromatic heterocycles. The van der Waals surface area contributed by atoms with E-state index in [-0.39, 0.29) is 18.2 Å². The number of carbonyl (C=O) groups excluding carboxylic acids is 4. The fraction of sp³-hybridized carbons (Fsp3) is 0.263. The lowest BCUT2D eigenvalue weighted by atomic mass is 9.88. The monoisotopic (exact) mass is 681 g/mol. The van der Waals surface area contributed by atoms with Crippen LogP contribution in [0.5, 0.6) is 0 Å². The standard InChI is InChI=1S/C38H39N3O5S2/c1-4-31(36(44)41-37-33(38(45)46-5-2)29-20-19-24(3)21-32(29)48-37)47-28-18-12-17-27(23-28)39-35(43)30(22-25-13-8-6-9-14-25)40-34(42)26-15-10-7-11-16-26/h6-18,22-24,31H,4-5,19-21H2,1-3H3,(H,39,43)(H,40,42)(H,41,44)/b30-22-. The molecule has 0 bridgehead atoms. The zero-order valence-electron chi connectivity index (χ0n) is 27.2. The molecule has 2 unspecified atom stereocenters. The lowest BCUT2D eigenvalue weighted by Gasteiger charge is -2.18. The molecule has 0 spiro atoms. The fourth-order valence-corrected chi connectivity index (χ4v) is 7.86. The lowest BCUT2D eigenvalue weighted by molar-refractivity contribution is -0.116. The Kier molecular flexibility index (Phi) is 11.9. The van der Waals surface area contributed by atoms with E-state index in [2.05, 4.69) is 22.9 Å². The molecule has 4 aromatic rings. The molecule has 1 aliphatic rings. The third-order valence-electron chi connectivity index (χ3n) is 7.90. The first kappa shape index (κ1) is 34.7. The average molecular weight is 682 g/mol. The molecule has 8 nitrogen and oxygen atoms in total. The summed E-state index contributed by atoms with van der Waals surface area (Å²) in [4.78, 5) is 55.0. The van der Waals surface area contributed by atoms with Gasteiger partial charge in [0, 0.05) is 21.0 Å². The smallest absolute Gasteiger partial charge is 0.341 e. The van der Waals surface area contributed by atoms with Crippen LogP contribution in [0, 0.1) is 5.92 Å². The van der Waals surface area contributed by atoms with E-state index in [1.807, 2.05) is 49.4 Å². The van der Waals surface area contributed by atoms with Crippen LogP contribution in [0.3, 0.4) is 0 Å². The van der Waals surface area contributed by atoms with Crippen molar-refractivity contribution in [2.75, 3.05) is 17.2 Å². The number of amides is 3. The molecule has 48 heavy (non-hydrogen) atoms. The average Bonchev–Trinajstić information content (AvgIpc) is 3.44. The predicted octanol–water partition coefficient (Wildman–Crippen LogP) is 7.97. The van der Waals surface area contributed by atoms with E-state index in [1.54, 1.807) is 55.5 Å². The Labute approximate surface area is 289 Å². The SMILES string of the molecule is CCOC(=O)c1c(NC(=O)C(CC)Sc2cccc(NC(=O)/C(=C/c3ccccc3)NC(=O)c3ccccc3)c2)sc2c1CCC(C)C2. The maximum atomic E-state index is 13.6. The molecule has 1 aliphatic carbocycles. The summed E-state index contributed by atoms with van der Waals surface area (Å²) < 4.78 is 5.37. The highest BCUT2D eigenvalue weighted by molar-refractivity contribution is 8.00. The summed E-state index contributed by atoms with van der Waals surface area (Å²) in [5, 5.41) is 8.80. The number of ether oxygens (including phenoxy) is 1. The van der Waals surface area contributed by atoms with Gasteiger partial charge < -0.3 is 20.7 Å². The predicted molar refractivity (Wildman–Crippen MR) is 193 cm³/mol. The maximum absolute atomic E-state index is 13.6. The molecule has 1 heterocycles. The first-order valence-electron chi connectivity index (χ1n) is 16.1. The van der Waals surface area contributed by atoms with Gasteiger partial charge in [-0.15, -0.1) is 23.1 Å². The van der Waals surface area contributed by atoms with Gasteiger partial charge in [0.25, 0.3) is 11.8 Å². The third-order valence-corrected chi connectivity index (χ3v) is 10.4. The zero-order chi connectivity index (χ0) is 34.0. The number of nitrogens with one attached hydrogen (secondary N) is 3. The molecule has 248 valence electrons. The summed E-state index contributed by atoms with van der Waals surface area (Å²) in [6.45, 7) is 6.17. The summed E-state index contributed by atoms with van der Waals surface area (Å²) in [5.74, 6) is -0.972. The molecule has 0 fully saturated rings. The van der Waals surface area contributed by atoms with Crippen LogP contribution in [0.15, 0.2) is 95.5 Å². The van der Waals surface area contributed by atoms with Crippen LogP contribution >= 0.6 is 23.1 Å². The fourth-order valence-electron chi connectivity index (χ4n) is 5.44. The van der Waals surface area contributed by atoms with E-state index < -0.39 is 23.0 Å². The Balaban J connectivity index is 1.31. The minimum absolute atomic E-state index is 0.0874. The van der Waals surface area contributed by atoms with Gasteiger partial charge in [-0.2, -0.15) is 0 Å². The van der Waals surface area contributed by atoms with Crippen molar-refractivity contribution in [1.29, 1.82) is 0 Å². The maximum Gasteiger partial charge on any atom is 0.341 e. The van der Waals surface area contributed by atoms with Gasteiger partial charge in [-0.1, -0.05) is 68.4 Å². The van der Waals surface area contributed by atoms with E-state index in [4.69, 9.17) is 4.74 Å². The van der Waals surface area contributed by atoms with Crippen LogP contribution < -0.4 is 16.0 Å². The Morgan fingerprint density at radius 3 is 2.40 bits per heavy atom. The summed E-state index contributed by atoms with van der Waals surface area (Å²) in [6.07, 6.45) is 4.83. The summed E-state index contributed by atoms with van der Waals surface area (Å²) >= 11 is 2.85. The molecule has 0 radical (unpaired) electrons. The van der Waals surface area contributed by atoms with E-state index >= 15 is 0 Å². The molecular weight excluding hydrogens is 643 g/mol. The van der Waals surface area contributed by atoms with E-state index in [1.165, 1.54) is 23.1 Å². The number of carbonyl (C=O) groups is 4. The van der Waals surface area contributed by atoms with Crippen molar-refractivity contribution in [2.24, 2.45) is 5.92 Å². The number of hydrogen-bond acceptors (Lipinski definition) is 7. The number of anilines is 2. The van der Waals surface area contributed by atoms with Gasteiger partial charge >= 0.3 is 5.97 Å². The van der Waals surface area contributed by atoms with Crippen LogP contribution in [0.25, 0.3) is 6.08 Å². The van der Waals surface area contributed by atoms with Crippen molar-refractivity contribution >= 4 is 63.6 Å². The van der Waals surface area contributed by atoms with Crippen molar-refractivity contribution in [3.8, 4) is 0 Å². The minimum atomic E-state index is -0.488. The van der Waals surface area contributed by atoms with Crippen molar-refractivity contribution in [3.63, 3.8) is 0 Å². The van der Waals surface area contributed by atoms with Gasteiger partial charge in [0.05, 0.1) is 17.4 Å². The number of thiophene rings is 1. The second-order valence-corrected chi connectivity index (χ2v) is 13.9. The Bertz CT molecular complexity index is 1800. The highest BCUT2D eigenvalue weighted by Crippen LogP contribution is 2.40. The van der Waals surface area contributed by atoms with Gasteiger partial charge in [0.15, 0.2) is 0 Å². The number of thioether (sulfide) groups is 1. The highest BCUT2D eigenvalue weighted by Gasteiger charge is 2.30. The topological polar surface area (TPSA) is 114 Å². The van der Waals surface area contributed by atoms with Crippen molar-refractivity contribution in [1.82, 2.24) is 5.32 Å². The van der Waals surface area contributed by atoms with Crippen molar-refractivity contribution in [2.45, 2.75) is 56.6 Å². The first-order valence-corrected chi connectivity index (χ1v) is 17.8. The van der Waals surface area contributed by atoms with E-state index in [0.29, 0.717) is 34.2 Å². The molecule has 3 aromatic carbocycles. The number of benzene rings is 3. The number of rotatable bonds is 12. The van der Waals surface area contributed by atoms with Gasteiger partial charge in [-0.05, 0) is 86.1 Å². The van der Waals surface area contributed by atoms with Crippen LogP contribution in [-0.2, 0) is 27.2 Å². The summed E-state index contributed by atoms with van der Waals surface area (Å²) in [7, 11) is 0. The van der Waals surface area contributed by atoms with Crippen LogP contribution in [0.1, 0.15) is 70.3 Å². The van der Waals surface area contributed by atoms with Gasteiger partial charge in [0.2, 0.25) is 5.91 Å². The van der Waals surface area contributed by atoms with Crippen molar-refractivity contribution < 1.29 is 23.9 Å². The van der Waals surface area contributed by atoms with Crippen LogP contribution in [0.2, 0.25) is 0 Å². The molecule has 2 atom stereocenters. The van der Waals surface area contributed by atoms with Gasteiger partial charge in [-0.25, -0.2) is 4.79 Å². The summed E-state index contributed by atoms with van der Waals surface area (Å²) in [6, 6.07) is 25.2. The lowest BCUT2D eigenvalue weighted by Crippen LogP contribution is -2.30. The number of fused-ring (bicyclic) bond motifs is 1. The Morgan fingerprint density at radius 2 is 1.69 bits per heavy atom. The third kappa shape index (κ3) is 8.81. The zero-order valence-corrected chi connectivity index (χ0v) is 28.8. The second-order valence-electron chi connectivity index (χ2n) is 11.6. The molecule has 0 saturated heterocycles. The molecule has 10 heteroatoms. The molecule has 0 aliphatic heterocycles. The van der Waals surface area contributed by atoms with Gasteiger partial charge in [-0.3, -0.25) is 14.4 Å². The Hall–Kier alpha value is -4.67. The Morgan fingerprint density at radius 1 is 0.958 bits per heavy atom. The summed E-state index contributed by atoms with van der Waals surface area (Å²) in [5.41, 5.74) is 3.27. The van der Waals surface area contributed by atoms with Gasteiger partial charge in [0.1, 0.15) is 10.7 Å². The highest BCUT2D eigenvalue weighted by atomic mass is 32.2. The normalized spacial score (nSPS) is 14.7. The molecular formula is C38H39N3O5S2. The molecule has 5 rings (SSSR count). The van der Waals surface area contributed by atoms with Crippen LogP contribution in [-0.4, -0.2) is 35.5 Å². The molecule has 0 saturated carbocycles. The second kappa shape index (κ2) is 16.4. The molecule has 3 amide bonds. The van der Waals surface area contributed by atoms with E-state index in [9.17, 15) is 19.2 Å². The molecule has 3 N–H and O–H groups in total. The van der Waals surface area contributed by atoms with Crippen molar-refractivity contribution in [3.05, 3.63) is 118 Å². The largest absolute Gasteiger partial charge is 0.462 e. The first-order chi connectivity index (χ1) is 23.2. The number of esters is 1. The van der Waals surface area contributed by atoms with Crippen LogP contribution in [0.4, 0.5) is 10.7 Å². The minimum Gasteiger partial charge on any atom is -0.462 e. The quantitative estimate of drug-likeness (QED) is 0.0794. The number of hydrogen-bond donors (Lipinski definition) is 3.